The molecular formula is C23H30N4O3S. The van der Waals surface area contributed by atoms with Gasteiger partial charge < -0.3 is 4.90 Å². The lowest BCUT2D eigenvalue weighted by atomic mass is 10.1. The van der Waals surface area contributed by atoms with Crippen LogP contribution in [-0.2, 0) is 17.1 Å². The maximum absolute atomic E-state index is 13.7. The van der Waals surface area contributed by atoms with Crippen LogP contribution in [0.2, 0.25) is 0 Å². The van der Waals surface area contributed by atoms with Crippen LogP contribution >= 0.6 is 0 Å². The van der Waals surface area contributed by atoms with E-state index in [-0.39, 0.29) is 17.0 Å². The number of sulfonamides is 1. The first kappa shape index (κ1) is 23.1. The molecule has 166 valence electrons. The second-order valence-electron chi connectivity index (χ2n) is 8.01. The summed E-state index contributed by atoms with van der Waals surface area (Å²) in [5, 5.41) is 0.518. The van der Waals surface area contributed by atoms with Crippen LogP contribution in [0.4, 0.5) is 0 Å². The summed E-state index contributed by atoms with van der Waals surface area (Å²) in [4.78, 5) is 19.9. The Morgan fingerprint density at radius 2 is 1.68 bits per heavy atom. The van der Waals surface area contributed by atoms with Crippen LogP contribution in [0.15, 0.2) is 58.2 Å². The van der Waals surface area contributed by atoms with Crippen molar-refractivity contribution in [3.8, 4) is 0 Å². The van der Waals surface area contributed by atoms with Crippen LogP contribution in [0, 0.1) is 6.92 Å². The molecule has 0 amide bonds. The Balaban J connectivity index is 2.17. The molecule has 0 aliphatic rings. The number of benzene rings is 2. The molecule has 1 aromatic heterocycles. The molecule has 0 aliphatic carbocycles. The Morgan fingerprint density at radius 3 is 2.29 bits per heavy atom. The third kappa shape index (κ3) is 4.71. The average molecular weight is 443 g/mol. The van der Waals surface area contributed by atoms with Crippen molar-refractivity contribution in [2.45, 2.75) is 31.2 Å². The minimum absolute atomic E-state index is 0.181. The van der Waals surface area contributed by atoms with Crippen molar-refractivity contribution < 1.29 is 8.42 Å². The molecule has 3 rings (SSSR count). The van der Waals surface area contributed by atoms with E-state index in [0.29, 0.717) is 29.7 Å². The Hall–Kier alpha value is -2.55. The molecule has 0 spiro atoms. The highest BCUT2D eigenvalue weighted by atomic mass is 32.2. The zero-order chi connectivity index (χ0) is 22.8. The standard InChI is InChI=1S/C23H30N4O3S/c1-6-21(22-24-20-10-8-7-9-19(20)23(28)26(22)5)27(16-15-25(3)4)31(29,30)18-13-11-17(2)12-14-18/h7-14,21H,6,15-16H2,1-5H3. The van der Waals surface area contributed by atoms with Gasteiger partial charge in [-0.25, -0.2) is 13.4 Å². The molecule has 0 aliphatic heterocycles. The van der Waals surface area contributed by atoms with Crippen LogP contribution in [0.25, 0.3) is 10.9 Å². The maximum atomic E-state index is 13.7. The highest BCUT2D eigenvalue weighted by Gasteiger charge is 2.34. The Labute approximate surface area is 184 Å². The van der Waals surface area contributed by atoms with E-state index in [1.54, 1.807) is 49.5 Å². The van der Waals surface area contributed by atoms with Crippen molar-refractivity contribution in [2.75, 3.05) is 27.2 Å². The fourth-order valence-electron chi connectivity index (χ4n) is 3.64. The molecule has 1 atom stereocenters. The van der Waals surface area contributed by atoms with E-state index in [9.17, 15) is 13.2 Å². The second-order valence-corrected chi connectivity index (χ2v) is 9.90. The third-order valence-electron chi connectivity index (χ3n) is 5.45. The molecule has 1 heterocycles. The van der Waals surface area contributed by atoms with Gasteiger partial charge in [0.1, 0.15) is 5.82 Å². The van der Waals surface area contributed by atoms with E-state index in [0.717, 1.165) is 5.56 Å². The fraction of sp³-hybridized carbons (Fsp3) is 0.391. The van der Waals surface area contributed by atoms with Gasteiger partial charge in [0.2, 0.25) is 10.0 Å². The van der Waals surface area contributed by atoms with Crippen molar-refractivity contribution >= 4 is 20.9 Å². The highest BCUT2D eigenvalue weighted by molar-refractivity contribution is 7.89. The summed E-state index contributed by atoms with van der Waals surface area (Å²) in [5.41, 5.74) is 1.38. The average Bonchev–Trinajstić information content (AvgIpc) is 2.74. The topological polar surface area (TPSA) is 75.5 Å². The van der Waals surface area contributed by atoms with Gasteiger partial charge in [0, 0.05) is 20.1 Å². The smallest absolute Gasteiger partial charge is 0.261 e. The first-order valence-corrected chi connectivity index (χ1v) is 11.8. The van der Waals surface area contributed by atoms with E-state index in [1.165, 1.54) is 8.87 Å². The molecule has 0 radical (unpaired) electrons. The largest absolute Gasteiger partial charge is 0.308 e. The first-order chi connectivity index (χ1) is 14.7. The normalized spacial score (nSPS) is 13.3. The molecule has 3 aromatic rings. The number of para-hydroxylation sites is 1. The van der Waals surface area contributed by atoms with E-state index in [2.05, 4.69) is 0 Å². The Morgan fingerprint density at radius 1 is 1.03 bits per heavy atom. The molecule has 1 unspecified atom stereocenters. The monoisotopic (exact) mass is 442 g/mol. The first-order valence-electron chi connectivity index (χ1n) is 10.4. The molecule has 0 fully saturated rings. The maximum Gasteiger partial charge on any atom is 0.261 e. The number of nitrogens with zero attached hydrogens (tertiary/aromatic N) is 4. The number of rotatable bonds is 8. The molecule has 0 bridgehead atoms. The molecule has 0 saturated heterocycles. The summed E-state index contributed by atoms with van der Waals surface area (Å²) >= 11 is 0. The van der Waals surface area contributed by atoms with Crippen LogP contribution in [0.5, 0.6) is 0 Å². The highest BCUT2D eigenvalue weighted by Crippen LogP contribution is 2.29. The SMILES string of the molecule is CCC(c1nc2ccccc2c(=O)n1C)N(CCN(C)C)S(=O)(=O)c1ccc(C)cc1. The van der Waals surface area contributed by atoms with Gasteiger partial charge in [0.15, 0.2) is 0 Å². The number of aryl methyl sites for hydroxylation is 1. The molecule has 31 heavy (non-hydrogen) atoms. The lowest BCUT2D eigenvalue weighted by Gasteiger charge is -2.31. The van der Waals surface area contributed by atoms with Crippen molar-refractivity contribution in [3.63, 3.8) is 0 Å². The van der Waals surface area contributed by atoms with Gasteiger partial charge in [0.05, 0.1) is 21.8 Å². The van der Waals surface area contributed by atoms with Crippen LogP contribution in [0.3, 0.4) is 0 Å². The van der Waals surface area contributed by atoms with E-state index >= 15 is 0 Å². The number of likely N-dealkylation sites (N-methyl/N-ethyl adjacent to an activating group) is 1. The molecule has 0 N–H and O–H groups in total. The number of fused-ring (bicyclic) bond motifs is 1. The number of aromatic nitrogens is 2. The summed E-state index contributed by atoms with van der Waals surface area (Å²) < 4.78 is 30.3. The van der Waals surface area contributed by atoms with Gasteiger partial charge in [-0.15, -0.1) is 0 Å². The lowest BCUT2D eigenvalue weighted by Crippen LogP contribution is -2.41. The van der Waals surface area contributed by atoms with E-state index in [1.807, 2.05) is 38.9 Å². The van der Waals surface area contributed by atoms with Crippen molar-refractivity contribution in [2.24, 2.45) is 7.05 Å². The zero-order valence-corrected chi connectivity index (χ0v) is 19.6. The van der Waals surface area contributed by atoms with Gasteiger partial charge >= 0.3 is 0 Å². The molecular weight excluding hydrogens is 412 g/mol. The van der Waals surface area contributed by atoms with E-state index in [4.69, 9.17) is 4.98 Å². The molecule has 7 nitrogen and oxygen atoms in total. The van der Waals surface area contributed by atoms with Crippen molar-refractivity contribution in [3.05, 3.63) is 70.3 Å². The zero-order valence-electron chi connectivity index (χ0n) is 18.7. The predicted molar refractivity (Wildman–Crippen MR) is 124 cm³/mol. The summed E-state index contributed by atoms with van der Waals surface area (Å²) in [5.74, 6) is 0.445. The van der Waals surface area contributed by atoms with Gasteiger partial charge in [-0.3, -0.25) is 9.36 Å². The van der Waals surface area contributed by atoms with Crippen LogP contribution in [-0.4, -0.2) is 54.4 Å². The second kappa shape index (κ2) is 9.30. The van der Waals surface area contributed by atoms with Crippen LogP contribution in [0.1, 0.15) is 30.8 Å². The minimum Gasteiger partial charge on any atom is -0.308 e. The Bertz CT molecular complexity index is 1220. The predicted octanol–water partition coefficient (Wildman–Crippen LogP) is 2.95. The van der Waals surface area contributed by atoms with Crippen molar-refractivity contribution in [1.29, 1.82) is 0 Å². The molecule has 2 aromatic carbocycles. The summed E-state index contributed by atoms with van der Waals surface area (Å²) in [6.45, 7) is 4.66. The number of hydrogen-bond acceptors (Lipinski definition) is 5. The molecule has 8 heteroatoms. The van der Waals surface area contributed by atoms with Crippen molar-refractivity contribution in [1.82, 2.24) is 18.8 Å². The Kier molecular flexibility index (Phi) is 6.93. The van der Waals surface area contributed by atoms with Crippen LogP contribution < -0.4 is 5.56 Å². The lowest BCUT2D eigenvalue weighted by molar-refractivity contribution is 0.265. The number of hydrogen-bond donors (Lipinski definition) is 0. The molecule has 0 saturated carbocycles. The summed E-state index contributed by atoms with van der Waals surface area (Å²) in [6.07, 6.45) is 0.483. The fourth-order valence-corrected chi connectivity index (χ4v) is 5.29. The van der Waals surface area contributed by atoms with Gasteiger partial charge in [-0.1, -0.05) is 36.8 Å². The quantitative estimate of drug-likeness (QED) is 0.536. The van der Waals surface area contributed by atoms with Gasteiger partial charge in [-0.2, -0.15) is 4.31 Å². The third-order valence-corrected chi connectivity index (χ3v) is 7.37. The van der Waals surface area contributed by atoms with E-state index < -0.39 is 16.1 Å². The minimum atomic E-state index is -3.80. The van der Waals surface area contributed by atoms with Gasteiger partial charge in [-0.05, 0) is 51.7 Å². The summed E-state index contributed by atoms with van der Waals surface area (Å²) in [6, 6.07) is 13.4. The summed E-state index contributed by atoms with van der Waals surface area (Å²) in [7, 11) is 1.66. The van der Waals surface area contributed by atoms with Gasteiger partial charge in [0.25, 0.3) is 5.56 Å².